The number of methoxy groups -OCH3 is 1. The lowest BCUT2D eigenvalue weighted by Crippen LogP contribution is -2.21. The molecule has 8 nitrogen and oxygen atoms in total. The fourth-order valence-electron chi connectivity index (χ4n) is 1.65. The van der Waals surface area contributed by atoms with E-state index in [0.29, 0.717) is 31.7 Å². The summed E-state index contributed by atoms with van der Waals surface area (Å²) in [6.45, 7) is 2.80. The first-order chi connectivity index (χ1) is 9.97. The van der Waals surface area contributed by atoms with Crippen molar-refractivity contribution >= 4 is 11.9 Å². The maximum Gasteiger partial charge on any atom is 0.360 e. The van der Waals surface area contributed by atoms with Gasteiger partial charge < -0.3 is 14.4 Å². The van der Waals surface area contributed by atoms with Gasteiger partial charge in [-0.3, -0.25) is 4.79 Å². The summed E-state index contributed by atoms with van der Waals surface area (Å²) in [5, 5.41) is 7.75. The van der Waals surface area contributed by atoms with E-state index in [0.717, 1.165) is 0 Å². The first-order valence-electron chi connectivity index (χ1n) is 6.73. The minimum Gasteiger partial charge on any atom is -0.458 e. The number of aryl methyl sites for hydroxylation is 1. The van der Waals surface area contributed by atoms with Crippen molar-refractivity contribution in [2.45, 2.75) is 26.3 Å². The molecule has 1 aromatic rings. The van der Waals surface area contributed by atoms with E-state index in [1.807, 2.05) is 0 Å². The Kier molecular flexibility index (Phi) is 6.80. The predicted molar refractivity (Wildman–Crippen MR) is 74.8 cm³/mol. The highest BCUT2D eigenvalue weighted by Gasteiger charge is 2.17. The van der Waals surface area contributed by atoms with Gasteiger partial charge in [-0.25, -0.2) is 9.48 Å². The normalized spacial score (nSPS) is 10.5. The summed E-state index contributed by atoms with van der Waals surface area (Å²) in [7, 11) is 4.97. The minimum atomic E-state index is -0.514. The van der Waals surface area contributed by atoms with Gasteiger partial charge in [0.25, 0.3) is 0 Å². The fourth-order valence-corrected chi connectivity index (χ4v) is 1.65. The molecule has 1 heterocycles. The van der Waals surface area contributed by atoms with Crippen LogP contribution in [0, 0.1) is 6.92 Å². The van der Waals surface area contributed by atoms with Crippen molar-refractivity contribution in [1.29, 1.82) is 0 Å². The van der Waals surface area contributed by atoms with E-state index in [2.05, 4.69) is 10.3 Å². The van der Waals surface area contributed by atoms with E-state index < -0.39 is 5.97 Å². The zero-order chi connectivity index (χ0) is 15.8. The first-order valence-corrected chi connectivity index (χ1v) is 6.73. The number of amides is 1. The molecule has 0 spiro atoms. The number of hydrogen-bond donors (Lipinski definition) is 0. The number of esters is 1. The molecule has 0 aromatic carbocycles. The smallest absolute Gasteiger partial charge is 0.360 e. The molecule has 0 radical (unpaired) electrons. The molecule has 0 fully saturated rings. The Morgan fingerprint density at radius 1 is 1.29 bits per heavy atom. The van der Waals surface area contributed by atoms with Gasteiger partial charge in [-0.2, -0.15) is 0 Å². The molecular weight excluding hydrogens is 276 g/mol. The highest BCUT2D eigenvalue weighted by atomic mass is 16.6. The summed E-state index contributed by atoms with van der Waals surface area (Å²) < 4.78 is 11.4. The third-order valence-corrected chi connectivity index (χ3v) is 2.96. The SMILES string of the molecule is COCCOC(=O)c1nnn(CCCC(=O)N(C)C)c1C. The highest BCUT2D eigenvalue weighted by Crippen LogP contribution is 2.07. The van der Waals surface area contributed by atoms with E-state index >= 15 is 0 Å². The van der Waals surface area contributed by atoms with E-state index in [1.165, 1.54) is 7.11 Å². The molecule has 1 rings (SSSR count). The second-order valence-electron chi connectivity index (χ2n) is 4.77. The Morgan fingerprint density at radius 2 is 2.00 bits per heavy atom. The lowest BCUT2D eigenvalue weighted by molar-refractivity contribution is -0.128. The van der Waals surface area contributed by atoms with Gasteiger partial charge in [0.05, 0.1) is 12.3 Å². The summed E-state index contributed by atoms with van der Waals surface area (Å²) in [5.41, 5.74) is 0.833. The van der Waals surface area contributed by atoms with Gasteiger partial charge in [0.15, 0.2) is 5.69 Å². The van der Waals surface area contributed by atoms with E-state index in [1.54, 1.807) is 30.6 Å². The van der Waals surface area contributed by atoms with Crippen LogP contribution in [0.1, 0.15) is 29.0 Å². The third kappa shape index (κ3) is 5.14. The van der Waals surface area contributed by atoms with Gasteiger partial charge in [0.1, 0.15) is 6.61 Å². The lowest BCUT2D eigenvalue weighted by atomic mass is 10.2. The summed E-state index contributed by atoms with van der Waals surface area (Å²) in [4.78, 5) is 24.8. The van der Waals surface area contributed by atoms with Crippen LogP contribution < -0.4 is 0 Å². The lowest BCUT2D eigenvalue weighted by Gasteiger charge is -2.09. The van der Waals surface area contributed by atoms with Crippen molar-refractivity contribution in [3.05, 3.63) is 11.4 Å². The molecular formula is C13H22N4O4. The average molecular weight is 298 g/mol. The van der Waals surface area contributed by atoms with E-state index in [-0.39, 0.29) is 18.2 Å². The maximum atomic E-state index is 11.8. The number of carbonyl (C=O) groups is 2. The predicted octanol–water partition coefficient (Wildman–Crippen LogP) is 0.258. The summed E-state index contributed by atoms with van der Waals surface area (Å²) in [6.07, 6.45) is 1.07. The Morgan fingerprint density at radius 3 is 2.62 bits per heavy atom. The molecule has 0 atom stereocenters. The molecule has 1 aromatic heterocycles. The van der Waals surface area contributed by atoms with Crippen LogP contribution >= 0.6 is 0 Å². The first kappa shape index (κ1) is 17.1. The van der Waals surface area contributed by atoms with Gasteiger partial charge >= 0.3 is 5.97 Å². The van der Waals surface area contributed by atoms with Gasteiger partial charge in [0.2, 0.25) is 5.91 Å². The maximum absolute atomic E-state index is 11.8. The van der Waals surface area contributed by atoms with Crippen molar-refractivity contribution in [2.75, 3.05) is 34.4 Å². The second-order valence-corrected chi connectivity index (χ2v) is 4.77. The van der Waals surface area contributed by atoms with Crippen LogP contribution in [0.25, 0.3) is 0 Å². The van der Waals surface area contributed by atoms with E-state index in [4.69, 9.17) is 9.47 Å². The van der Waals surface area contributed by atoms with Crippen molar-refractivity contribution in [3.8, 4) is 0 Å². The number of ether oxygens (including phenoxy) is 2. The second kappa shape index (κ2) is 8.35. The van der Waals surface area contributed by atoms with Crippen LogP contribution in [-0.2, 0) is 20.8 Å². The van der Waals surface area contributed by atoms with Crippen LogP contribution in [0.3, 0.4) is 0 Å². The largest absolute Gasteiger partial charge is 0.458 e. The Balaban J connectivity index is 2.51. The van der Waals surface area contributed by atoms with Gasteiger partial charge in [-0.05, 0) is 13.3 Å². The zero-order valence-corrected chi connectivity index (χ0v) is 13.0. The molecule has 0 saturated heterocycles. The quantitative estimate of drug-likeness (QED) is 0.505. The summed E-state index contributed by atoms with van der Waals surface area (Å²) in [5.74, 6) is -0.452. The topological polar surface area (TPSA) is 86.5 Å². The molecule has 21 heavy (non-hydrogen) atoms. The van der Waals surface area contributed by atoms with E-state index in [9.17, 15) is 9.59 Å². The van der Waals surface area contributed by atoms with Crippen molar-refractivity contribution in [1.82, 2.24) is 19.9 Å². The Labute approximate surface area is 124 Å². The molecule has 1 amide bonds. The number of nitrogens with zero attached hydrogens (tertiary/aromatic N) is 4. The molecule has 0 aliphatic heterocycles. The number of hydrogen-bond acceptors (Lipinski definition) is 6. The monoisotopic (exact) mass is 298 g/mol. The van der Waals surface area contributed by atoms with Crippen LogP contribution in [-0.4, -0.2) is 66.2 Å². The molecule has 0 unspecified atom stereocenters. The van der Waals surface area contributed by atoms with Crippen LogP contribution in [0.2, 0.25) is 0 Å². The Bertz CT molecular complexity index is 485. The van der Waals surface area contributed by atoms with Crippen molar-refractivity contribution in [3.63, 3.8) is 0 Å². The summed E-state index contributed by atoms with van der Waals surface area (Å²) in [6, 6.07) is 0. The molecule has 0 bridgehead atoms. The van der Waals surface area contributed by atoms with Crippen molar-refractivity contribution < 1.29 is 19.1 Å². The molecule has 0 saturated carbocycles. The molecule has 0 aliphatic rings. The summed E-state index contributed by atoms with van der Waals surface area (Å²) >= 11 is 0. The molecule has 8 heteroatoms. The highest BCUT2D eigenvalue weighted by molar-refractivity contribution is 5.88. The molecule has 0 aliphatic carbocycles. The third-order valence-electron chi connectivity index (χ3n) is 2.96. The molecule has 118 valence electrons. The van der Waals surface area contributed by atoms with Crippen LogP contribution in [0.15, 0.2) is 0 Å². The standard InChI is InChI=1S/C13H22N4O4/c1-10-12(13(19)21-9-8-20-4)14-15-17(10)7-5-6-11(18)16(2)3/h5-9H2,1-4H3. The Hall–Kier alpha value is -1.96. The van der Waals surface area contributed by atoms with Crippen LogP contribution in [0.4, 0.5) is 0 Å². The number of carbonyl (C=O) groups excluding carboxylic acids is 2. The fraction of sp³-hybridized carbons (Fsp3) is 0.692. The van der Waals surface area contributed by atoms with Crippen LogP contribution in [0.5, 0.6) is 0 Å². The molecule has 0 N–H and O–H groups in total. The van der Waals surface area contributed by atoms with Gasteiger partial charge in [-0.15, -0.1) is 5.10 Å². The minimum absolute atomic E-state index is 0.0620. The van der Waals surface area contributed by atoms with Gasteiger partial charge in [0, 0.05) is 34.2 Å². The number of aromatic nitrogens is 3. The van der Waals surface area contributed by atoms with Gasteiger partial charge in [-0.1, -0.05) is 5.21 Å². The number of rotatable bonds is 8. The van der Waals surface area contributed by atoms with Crippen molar-refractivity contribution in [2.24, 2.45) is 0 Å². The zero-order valence-electron chi connectivity index (χ0n) is 13.0. The average Bonchev–Trinajstić information content (AvgIpc) is 2.80.